The summed E-state index contributed by atoms with van der Waals surface area (Å²) in [5, 5.41) is 2.97. The second kappa shape index (κ2) is 5.18. The Kier molecular flexibility index (Phi) is 3.65. The summed E-state index contributed by atoms with van der Waals surface area (Å²) in [6.07, 6.45) is 6.73. The van der Waals surface area contributed by atoms with Crippen LogP contribution in [0.5, 0.6) is 0 Å². The van der Waals surface area contributed by atoms with Crippen molar-refractivity contribution >= 4 is 27.5 Å². The fourth-order valence-electron chi connectivity index (χ4n) is 3.46. The van der Waals surface area contributed by atoms with Gasteiger partial charge in [-0.2, -0.15) is 0 Å². The molecule has 1 saturated carbocycles. The molecule has 3 heteroatoms. The van der Waals surface area contributed by atoms with E-state index in [0.29, 0.717) is 4.83 Å². The molecule has 3 rings (SSSR count). The highest BCUT2D eigenvalue weighted by atomic mass is 79.9. The van der Waals surface area contributed by atoms with E-state index in [0.717, 1.165) is 17.2 Å². The van der Waals surface area contributed by atoms with E-state index in [1.54, 1.807) is 0 Å². The van der Waals surface area contributed by atoms with Gasteiger partial charge in [-0.25, -0.2) is 0 Å². The summed E-state index contributed by atoms with van der Waals surface area (Å²) < 4.78 is 0. The number of benzene rings is 1. The second-order valence-corrected chi connectivity index (χ2v) is 7.84. The zero-order chi connectivity index (χ0) is 14.3. The number of rotatable bonds is 3. The summed E-state index contributed by atoms with van der Waals surface area (Å²) in [6, 6.07) is 6.41. The van der Waals surface area contributed by atoms with E-state index in [2.05, 4.69) is 39.4 Å². The number of hydrogen-bond acceptors (Lipinski definition) is 1. The lowest BCUT2D eigenvalue weighted by Crippen LogP contribution is -2.26. The Labute approximate surface area is 129 Å². The van der Waals surface area contributed by atoms with Crippen molar-refractivity contribution in [3.63, 3.8) is 0 Å². The molecule has 1 unspecified atom stereocenters. The Bertz CT molecular complexity index is 532. The summed E-state index contributed by atoms with van der Waals surface area (Å²) in [5.74, 6) is 0.965. The number of fused-ring (bicyclic) bond motifs is 1. The van der Waals surface area contributed by atoms with E-state index >= 15 is 0 Å². The monoisotopic (exact) mass is 335 g/mol. The van der Waals surface area contributed by atoms with Crippen LogP contribution in [0.15, 0.2) is 18.2 Å². The smallest absolute Gasteiger partial charge is 0.234 e. The molecule has 1 fully saturated rings. The van der Waals surface area contributed by atoms with E-state index in [4.69, 9.17) is 0 Å². The van der Waals surface area contributed by atoms with Gasteiger partial charge in [-0.1, -0.05) is 53.7 Å². The maximum atomic E-state index is 12.0. The molecule has 0 bridgehead atoms. The molecule has 0 saturated heterocycles. The van der Waals surface area contributed by atoms with Gasteiger partial charge in [-0.05, 0) is 43.4 Å². The summed E-state index contributed by atoms with van der Waals surface area (Å²) in [7, 11) is 0. The highest BCUT2D eigenvalue weighted by Gasteiger charge is 2.38. The molecule has 1 amide bonds. The molecule has 108 valence electrons. The minimum atomic E-state index is -0.411. The van der Waals surface area contributed by atoms with Gasteiger partial charge in [0, 0.05) is 10.5 Å². The van der Waals surface area contributed by atoms with Crippen molar-refractivity contribution in [2.45, 2.75) is 56.2 Å². The van der Waals surface area contributed by atoms with Crippen molar-refractivity contribution in [3.05, 3.63) is 29.3 Å². The summed E-state index contributed by atoms with van der Waals surface area (Å²) in [4.78, 5) is 12.4. The van der Waals surface area contributed by atoms with Crippen molar-refractivity contribution in [2.75, 3.05) is 5.32 Å². The third kappa shape index (κ3) is 2.41. The quantitative estimate of drug-likeness (QED) is 0.779. The van der Waals surface area contributed by atoms with Crippen molar-refractivity contribution < 1.29 is 4.79 Å². The Morgan fingerprint density at radius 2 is 2.05 bits per heavy atom. The van der Waals surface area contributed by atoms with Crippen LogP contribution in [0.25, 0.3) is 0 Å². The molecular weight excluding hydrogens is 314 g/mol. The first-order valence-electron chi connectivity index (χ1n) is 7.58. The average Bonchev–Trinajstić information content (AvgIpc) is 2.98. The summed E-state index contributed by atoms with van der Waals surface area (Å²) in [5.41, 5.74) is 3.01. The first kappa shape index (κ1) is 14.1. The van der Waals surface area contributed by atoms with Gasteiger partial charge in [0.05, 0.1) is 5.41 Å². The number of alkyl halides is 1. The molecule has 1 heterocycles. The van der Waals surface area contributed by atoms with Crippen LogP contribution in [-0.2, 0) is 10.2 Å². The minimum absolute atomic E-state index is 0.103. The topological polar surface area (TPSA) is 29.1 Å². The van der Waals surface area contributed by atoms with Gasteiger partial charge in [-0.3, -0.25) is 4.79 Å². The number of anilines is 1. The Morgan fingerprint density at radius 3 is 2.75 bits per heavy atom. The molecule has 1 aliphatic heterocycles. The van der Waals surface area contributed by atoms with Gasteiger partial charge >= 0.3 is 0 Å². The molecule has 0 aromatic heterocycles. The standard InChI is InChI=1S/C17H22BrNO/c1-17(2)13-10-12(7-8-15(13)19-16(17)20)14(18)9-11-5-3-4-6-11/h7-8,10-11,14H,3-6,9H2,1-2H3,(H,19,20). The number of nitrogens with one attached hydrogen (secondary N) is 1. The SMILES string of the molecule is CC1(C)C(=O)Nc2ccc(C(Br)CC3CCCC3)cc21. The van der Waals surface area contributed by atoms with Gasteiger partial charge in [0.15, 0.2) is 0 Å². The van der Waals surface area contributed by atoms with Crippen LogP contribution in [0.1, 0.15) is 61.9 Å². The van der Waals surface area contributed by atoms with E-state index in [9.17, 15) is 4.79 Å². The summed E-state index contributed by atoms with van der Waals surface area (Å²) >= 11 is 3.85. The minimum Gasteiger partial charge on any atom is -0.325 e. The molecule has 20 heavy (non-hydrogen) atoms. The predicted octanol–water partition coefficient (Wildman–Crippen LogP) is 4.93. The van der Waals surface area contributed by atoms with Crippen LogP contribution in [0, 0.1) is 5.92 Å². The third-order valence-corrected chi connectivity index (χ3v) is 5.81. The van der Waals surface area contributed by atoms with Gasteiger partial charge < -0.3 is 5.32 Å². The number of hydrogen-bond donors (Lipinski definition) is 1. The maximum Gasteiger partial charge on any atom is 0.234 e. The highest BCUT2D eigenvalue weighted by molar-refractivity contribution is 9.09. The molecule has 1 N–H and O–H groups in total. The molecule has 1 atom stereocenters. The van der Waals surface area contributed by atoms with Crippen LogP contribution < -0.4 is 5.32 Å². The molecule has 0 radical (unpaired) electrons. The van der Waals surface area contributed by atoms with Crippen LogP contribution in [0.4, 0.5) is 5.69 Å². The highest BCUT2D eigenvalue weighted by Crippen LogP contribution is 2.42. The summed E-state index contributed by atoms with van der Waals surface area (Å²) in [6.45, 7) is 4.00. The largest absolute Gasteiger partial charge is 0.325 e. The van der Waals surface area contributed by atoms with Crippen molar-refractivity contribution in [3.8, 4) is 0 Å². The maximum absolute atomic E-state index is 12.0. The Balaban J connectivity index is 1.82. The van der Waals surface area contributed by atoms with Crippen LogP contribution in [0.2, 0.25) is 0 Å². The zero-order valence-corrected chi connectivity index (χ0v) is 13.8. The molecule has 1 aromatic carbocycles. The average molecular weight is 336 g/mol. The zero-order valence-electron chi connectivity index (χ0n) is 12.2. The van der Waals surface area contributed by atoms with Gasteiger partial charge in [0.1, 0.15) is 0 Å². The first-order chi connectivity index (χ1) is 9.48. The molecular formula is C17H22BrNO. The van der Waals surface area contributed by atoms with Crippen molar-refractivity contribution in [2.24, 2.45) is 5.92 Å². The lowest BCUT2D eigenvalue weighted by Gasteiger charge is -2.19. The first-order valence-corrected chi connectivity index (χ1v) is 8.50. The van der Waals surface area contributed by atoms with E-state index in [1.165, 1.54) is 37.7 Å². The van der Waals surface area contributed by atoms with Crippen LogP contribution in [0.3, 0.4) is 0 Å². The van der Waals surface area contributed by atoms with Crippen LogP contribution in [-0.4, -0.2) is 5.91 Å². The van der Waals surface area contributed by atoms with Gasteiger partial charge in [0.25, 0.3) is 0 Å². The normalized spacial score (nSPS) is 22.6. The molecule has 1 aliphatic carbocycles. The Morgan fingerprint density at radius 1 is 1.35 bits per heavy atom. The lowest BCUT2D eigenvalue weighted by atomic mass is 9.84. The lowest BCUT2D eigenvalue weighted by molar-refractivity contribution is -0.119. The number of halogens is 1. The number of amides is 1. The van der Waals surface area contributed by atoms with E-state index in [-0.39, 0.29) is 5.91 Å². The fraction of sp³-hybridized carbons (Fsp3) is 0.588. The van der Waals surface area contributed by atoms with Crippen molar-refractivity contribution in [1.29, 1.82) is 0 Å². The van der Waals surface area contributed by atoms with Crippen LogP contribution >= 0.6 is 15.9 Å². The van der Waals surface area contributed by atoms with Gasteiger partial charge in [0.2, 0.25) is 5.91 Å². The molecule has 0 spiro atoms. The molecule has 2 aliphatic rings. The molecule has 2 nitrogen and oxygen atoms in total. The second-order valence-electron chi connectivity index (χ2n) is 6.74. The van der Waals surface area contributed by atoms with E-state index < -0.39 is 5.41 Å². The predicted molar refractivity (Wildman–Crippen MR) is 86.3 cm³/mol. The fourth-order valence-corrected chi connectivity index (χ4v) is 4.27. The molecule has 1 aromatic rings. The number of carbonyl (C=O) groups excluding carboxylic acids is 1. The Hall–Kier alpha value is -0.830. The van der Waals surface area contributed by atoms with Gasteiger partial charge in [-0.15, -0.1) is 0 Å². The van der Waals surface area contributed by atoms with E-state index in [1.807, 2.05) is 13.8 Å². The van der Waals surface area contributed by atoms with Crippen molar-refractivity contribution in [1.82, 2.24) is 0 Å². The third-order valence-electron chi connectivity index (χ3n) is 4.91. The number of carbonyl (C=O) groups is 1.